The van der Waals surface area contributed by atoms with Gasteiger partial charge in [0.15, 0.2) is 0 Å². The molecule has 0 amide bonds. The lowest BCUT2D eigenvalue weighted by Gasteiger charge is -2.26. The molecule has 2 unspecified atom stereocenters. The highest BCUT2D eigenvalue weighted by Gasteiger charge is 2.33. The average Bonchev–Trinajstić information content (AvgIpc) is 4.02. The normalized spacial score (nSPS) is 15.3. The average molecular weight is 832 g/mol. The molecule has 13 rings (SSSR count). The van der Waals surface area contributed by atoms with Crippen LogP contribution in [0.15, 0.2) is 229 Å². The molecule has 1 aliphatic carbocycles. The number of hydrogen-bond acceptors (Lipinski definition) is 1. The van der Waals surface area contributed by atoms with E-state index in [1.807, 2.05) is 0 Å². The molecule has 9 aromatic carbocycles. The van der Waals surface area contributed by atoms with Crippen molar-refractivity contribution in [1.82, 2.24) is 9.13 Å². The maximum atomic E-state index is 5.69. The number of fused-ring (bicyclic) bond motifs is 9. The third-order valence-electron chi connectivity index (χ3n) is 14.3. The van der Waals surface area contributed by atoms with Crippen molar-refractivity contribution in [3.63, 3.8) is 0 Å². The minimum Gasteiger partial charge on any atom is -0.309 e. The Balaban J connectivity index is 0.943. The van der Waals surface area contributed by atoms with E-state index in [-0.39, 0.29) is 17.9 Å². The molecule has 308 valence electrons. The topological polar surface area (TPSA) is 22.2 Å². The molecule has 11 aromatic rings. The third kappa shape index (κ3) is 6.07. The second kappa shape index (κ2) is 15.1. The van der Waals surface area contributed by atoms with Crippen LogP contribution in [-0.2, 0) is 0 Å². The summed E-state index contributed by atoms with van der Waals surface area (Å²) in [5, 5.41) is 5.04. The summed E-state index contributed by atoms with van der Waals surface area (Å²) >= 11 is 0. The van der Waals surface area contributed by atoms with Crippen LogP contribution < -0.4 is 0 Å². The van der Waals surface area contributed by atoms with Crippen molar-refractivity contribution in [3.8, 4) is 22.5 Å². The molecule has 0 N–H and O–H groups in total. The van der Waals surface area contributed by atoms with Crippen LogP contribution in [0.25, 0.3) is 71.7 Å². The maximum absolute atomic E-state index is 5.69. The Labute approximate surface area is 378 Å². The molecular formula is C62H45N3. The predicted octanol–water partition coefficient (Wildman–Crippen LogP) is 15.8. The van der Waals surface area contributed by atoms with E-state index in [2.05, 4.69) is 241 Å². The van der Waals surface area contributed by atoms with Crippen LogP contribution in [0, 0.1) is 0 Å². The van der Waals surface area contributed by atoms with Gasteiger partial charge >= 0.3 is 0 Å². The fourth-order valence-corrected chi connectivity index (χ4v) is 11.3. The highest BCUT2D eigenvalue weighted by atomic mass is 15.0. The highest BCUT2D eigenvalue weighted by Crippen LogP contribution is 2.51. The van der Waals surface area contributed by atoms with Gasteiger partial charge < -0.3 is 9.13 Å². The van der Waals surface area contributed by atoms with Gasteiger partial charge in [0.05, 0.1) is 33.8 Å². The predicted molar refractivity (Wildman–Crippen MR) is 272 cm³/mol. The van der Waals surface area contributed by atoms with Crippen LogP contribution >= 0.6 is 0 Å². The SMILES string of the molecule is CC(c1cccc(C2CC(c3cccc(-n4c5ccccc5c5ccccc54)c3)=CC(c3cccc(-n4c5ccccc5c5ccccc54)c3)=N2)c1)C1c2ccccc2-c2ccccc21. The minimum absolute atomic E-state index is 0.0749. The molecule has 0 fully saturated rings. The van der Waals surface area contributed by atoms with Crippen molar-refractivity contribution in [2.75, 3.05) is 0 Å². The van der Waals surface area contributed by atoms with E-state index in [1.54, 1.807) is 0 Å². The van der Waals surface area contributed by atoms with Crippen LogP contribution in [0.3, 0.4) is 0 Å². The van der Waals surface area contributed by atoms with Gasteiger partial charge in [-0.3, -0.25) is 4.99 Å². The quantitative estimate of drug-likeness (QED) is 0.153. The standard InChI is InChI=1S/C62H45N3/c1-40(62-54-29-4-2-23-48(54)49-24-3-5-30-55(49)62)41-17-14-19-43(35-41)56-38-45(42-18-15-21-46(36-42)64-58-31-10-6-25-50(58)51-26-7-11-32-59(51)64)39-57(63-56)44-20-16-22-47(37-44)65-60-33-12-8-27-52(60)53-28-9-13-34-61(53)65/h2-37,39-40,56,62H,38H2,1H3. The third-order valence-corrected chi connectivity index (χ3v) is 14.3. The van der Waals surface area contributed by atoms with Crippen molar-refractivity contribution in [3.05, 3.63) is 258 Å². The number of nitrogens with zero attached hydrogens (tertiary/aromatic N) is 3. The summed E-state index contributed by atoms with van der Waals surface area (Å²) in [5.74, 6) is 0.554. The molecule has 65 heavy (non-hydrogen) atoms. The first kappa shape index (κ1) is 37.5. The number of dihydropyridines is 1. The first-order valence-corrected chi connectivity index (χ1v) is 22.9. The zero-order chi connectivity index (χ0) is 43.0. The van der Waals surface area contributed by atoms with E-state index < -0.39 is 0 Å². The number of aromatic nitrogens is 2. The van der Waals surface area contributed by atoms with Crippen molar-refractivity contribution in [1.29, 1.82) is 0 Å². The first-order valence-electron chi connectivity index (χ1n) is 22.9. The van der Waals surface area contributed by atoms with Gasteiger partial charge in [0.1, 0.15) is 0 Å². The monoisotopic (exact) mass is 831 g/mol. The van der Waals surface area contributed by atoms with Gasteiger partial charge in [0, 0.05) is 44.4 Å². The Morgan fingerprint density at radius 2 is 0.908 bits per heavy atom. The molecule has 1 aliphatic heterocycles. The van der Waals surface area contributed by atoms with E-state index in [0.717, 1.165) is 29.1 Å². The summed E-state index contributed by atoms with van der Waals surface area (Å²) in [7, 11) is 0. The Morgan fingerprint density at radius 1 is 0.446 bits per heavy atom. The molecule has 3 heterocycles. The molecule has 2 aromatic heterocycles. The van der Waals surface area contributed by atoms with E-state index in [0.29, 0.717) is 0 Å². The fraction of sp³-hybridized carbons (Fsp3) is 0.0806. The van der Waals surface area contributed by atoms with Crippen molar-refractivity contribution < 1.29 is 0 Å². The number of para-hydroxylation sites is 4. The largest absolute Gasteiger partial charge is 0.309 e. The molecule has 0 spiro atoms. The zero-order valence-corrected chi connectivity index (χ0v) is 36.1. The number of benzene rings is 9. The Bertz CT molecular complexity index is 3590. The smallest absolute Gasteiger partial charge is 0.0797 e. The molecule has 2 atom stereocenters. The molecule has 3 nitrogen and oxygen atoms in total. The number of hydrogen-bond donors (Lipinski definition) is 0. The number of rotatable bonds is 7. The lowest BCUT2D eigenvalue weighted by atomic mass is 9.80. The summed E-state index contributed by atoms with van der Waals surface area (Å²) in [6, 6.07) is 80.3. The molecule has 0 bridgehead atoms. The van der Waals surface area contributed by atoms with Crippen molar-refractivity contribution in [2.45, 2.75) is 31.2 Å². The highest BCUT2D eigenvalue weighted by molar-refractivity contribution is 6.14. The van der Waals surface area contributed by atoms with Crippen LogP contribution in [0.4, 0.5) is 0 Å². The molecule has 0 radical (unpaired) electrons. The minimum atomic E-state index is -0.0749. The fourth-order valence-electron chi connectivity index (χ4n) is 11.3. The van der Waals surface area contributed by atoms with E-state index in [4.69, 9.17) is 4.99 Å². The summed E-state index contributed by atoms with van der Waals surface area (Å²) in [6.45, 7) is 2.41. The summed E-state index contributed by atoms with van der Waals surface area (Å²) in [5.41, 5.74) is 19.8. The second-order valence-electron chi connectivity index (χ2n) is 17.9. The maximum Gasteiger partial charge on any atom is 0.0797 e. The van der Waals surface area contributed by atoms with E-state index in [1.165, 1.54) is 88.1 Å². The van der Waals surface area contributed by atoms with Crippen LogP contribution in [0.5, 0.6) is 0 Å². The second-order valence-corrected chi connectivity index (χ2v) is 17.9. The lowest BCUT2D eigenvalue weighted by molar-refractivity contribution is 0.665. The Morgan fingerprint density at radius 3 is 1.46 bits per heavy atom. The first-order chi connectivity index (χ1) is 32.2. The van der Waals surface area contributed by atoms with Gasteiger partial charge in [-0.15, -0.1) is 0 Å². The van der Waals surface area contributed by atoms with Gasteiger partial charge in [-0.1, -0.05) is 177 Å². The van der Waals surface area contributed by atoms with Crippen LogP contribution in [-0.4, -0.2) is 14.8 Å². The van der Waals surface area contributed by atoms with Crippen molar-refractivity contribution >= 4 is 54.9 Å². The Hall–Kier alpha value is -8.01. The number of allylic oxidation sites excluding steroid dienone is 1. The number of aliphatic imine (C=N–C) groups is 1. The summed E-state index contributed by atoms with van der Waals surface area (Å²) in [4.78, 5) is 5.69. The Kier molecular flexibility index (Phi) is 8.70. The van der Waals surface area contributed by atoms with Crippen LogP contribution in [0.1, 0.15) is 64.6 Å². The van der Waals surface area contributed by atoms with E-state index in [9.17, 15) is 0 Å². The lowest BCUT2D eigenvalue weighted by Crippen LogP contribution is -2.12. The molecule has 2 aliphatic rings. The molecule has 0 saturated heterocycles. The molecule has 3 heteroatoms. The van der Waals surface area contributed by atoms with Crippen molar-refractivity contribution in [2.24, 2.45) is 4.99 Å². The van der Waals surface area contributed by atoms with Gasteiger partial charge in [-0.05, 0) is 111 Å². The summed E-state index contributed by atoms with van der Waals surface area (Å²) in [6.07, 6.45) is 3.14. The summed E-state index contributed by atoms with van der Waals surface area (Å²) < 4.78 is 4.82. The van der Waals surface area contributed by atoms with Gasteiger partial charge in [-0.25, -0.2) is 0 Å². The molecule has 0 saturated carbocycles. The van der Waals surface area contributed by atoms with Gasteiger partial charge in [-0.2, -0.15) is 0 Å². The molecular weight excluding hydrogens is 787 g/mol. The van der Waals surface area contributed by atoms with Gasteiger partial charge in [0.25, 0.3) is 0 Å². The van der Waals surface area contributed by atoms with Crippen LogP contribution in [0.2, 0.25) is 0 Å². The zero-order valence-electron chi connectivity index (χ0n) is 36.1. The van der Waals surface area contributed by atoms with E-state index >= 15 is 0 Å². The van der Waals surface area contributed by atoms with Gasteiger partial charge in [0.2, 0.25) is 0 Å².